The normalized spacial score (nSPS) is 12.8. The molecule has 0 aliphatic rings. The van der Waals surface area contributed by atoms with E-state index in [9.17, 15) is 22.4 Å². The van der Waals surface area contributed by atoms with Gasteiger partial charge in [-0.15, -0.1) is 0 Å². The lowest BCUT2D eigenvalue weighted by Gasteiger charge is -2.34. The Morgan fingerprint density at radius 3 is 2.23 bits per heavy atom. The maximum Gasteiger partial charge on any atom is 0.244 e. The number of hydrogen-bond donors (Lipinski definition) is 1. The molecule has 3 aromatic rings. The van der Waals surface area contributed by atoms with E-state index in [-0.39, 0.29) is 30.6 Å². The zero-order chi connectivity index (χ0) is 28.6. The van der Waals surface area contributed by atoms with Crippen molar-refractivity contribution in [1.29, 1.82) is 0 Å². The molecular formula is C29H33ClFN3O4S. The fourth-order valence-electron chi connectivity index (χ4n) is 4.03. The number of amides is 2. The number of carbonyl (C=O) groups is 2. The minimum Gasteiger partial charge on any atom is -0.352 e. The van der Waals surface area contributed by atoms with E-state index in [2.05, 4.69) is 5.32 Å². The van der Waals surface area contributed by atoms with Crippen molar-refractivity contribution in [3.05, 3.63) is 101 Å². The Labute approximate surface area is 234 Å². The van der Waals surface area contributed by atoms with Gasteiger partial charge in [-0.1, -0.05) is 67.1 Å². The van der Waals surface area contributed by atoms with Gasteiger partial charge in [0.1, 0.15) is 18.4 Å². The minimum absolute atomic E-state index is 0.0148. The van der Waals surface area contributed by atoms with Gasteiger partial charge < -0.3 is 10.2 Å². The molecule has 2 amide bonds. The second kappa shape index (κ2) is 13.6. The summed E-state index contributed by atoms with van der Waals surface area (Å²) in [7, 11) is -3.97. The minimum atomic E-state index is -3.97. The Morgan fingerprint density at radius 2 is 1.64 bits per heavy atom. The monoisotopic (exact) mass is 573 g/mol. The van der Waals surface area contributed by atoms with Crippen molar-refractivity contribution in [3.8, 4) is 0 Å². The fraction of sp³-hybridized carbons (Fsp3) is 0.310. The van der Waals surface area contributed by atoms with Gasteiger partial charge in [0.2, 0.25) is 21.8 Å². The smallest absolute Gasteiger partial charge is 0.244 e. The highest BCUT2D eigenvalue weighted by Crippen LogP contribution is 2.21. The Hall–Kier alpha value is -3.43. The Kier molecular flexibility index (Phi) is 10.5. The van der Waals surface area contributed by atoms with Crippen LogP contribution in [0.1, 0.15) is 31.4 Å². The van der Waals surface area contributed by atoms with Crippen LogP contribution in [-0.2, 0) is 32.6 Å². The van der Waals surface area contributed by atoms with Crippen LogP contribution in [0.3, 0.4) is 0 Å². The molecule has 0 saturated carbocycles. The van der Waals surface area contributed by atoms with E-state index in [4.69, 9.17) is 11.6 Å². The van der Waals surface area contributed by atoms with E-state index in [0.29, 0.717) is 17.0 Å². The third-order valence-electron chi connectivity index (χ3n) is 6.31. The van der Waals surface area contributed by atoms with Gasteiger partial charge in [0.15, 0.2) is 0 Å². The van der Waals surface area contributed by atoms with Crippen molar-refractivity contribution in [2.24, 2.45) is 0 Å². The number of rotatable bonds is 12. The van der Waals surface area contributed by atoms with Crippen LogP contribution in [-0.4, -0.2) is 50.0 Å². The number of sulfonamides is 1. The number of benzene rings is 3. The van der Waals surface area contributed by atoms with Crippen molar-refractivity contribution in [1.82, 2.24) is 10.2 Å². The molecule has 2 atom stereocenters. The lowest BCUT2D eigenvalue weighted by Crippen LogP contribution is -2.54. The molecule has 208 valence electrons. The maximum atomic E-state index is 14.0. The van der Waals surface area contributed by atoms with E-state index in [0.717, 1.165) is 22.2 Å². The lowest BCUT2D eigenvalue weighted by atomic mass is 10.0. The van der Waals surface area contributed by atoms with E-state index in [1.807, 2.05) is 44.2 Å². The average molecular weight is 574 g/mol. The molecule has 0 aromatic heterocycles. The van der Waals surface area contributed by atoms with Crippen LogP contribution in [0.4, 0.5) is 10.1 Å². The average Bonchev–Trinajstić information content (AvgIpc) is 2.90. The maximum absolute atomic E-state index is 14.0. The molecule has 0 fully saturated rings. The second-order valence-corrected chi connectivity index (χ2v) is 11.8. The molecule has 0 spiro atoms. The van der Waals surface area contributed by atoms with E-state index < -0.39 is 34.3 Å². The molecule has 0 unspecified atom stereocenters. The van der Waals surface area contributed by atoms with Gasteiger partial charge in [-0.2, -0.15) is 0 Å². The predicted octanol–water partition coefficient (Wildman–Crippen LogP) is 4.80. The number of hydrogen-bond acceptors (Lipinski definition) is 4. The predicted molar refractivity (Wildman–Crippen MR) is 152 cm³/mol. The molecule has 0 bridgehead atoms. The van der Waals surface area contributed by atoms with Crippen LogP contribution >= 0.6 is 11.6 Å². The molecule has 39 heavy (non-hydrogen) atoms. The van der Waals surface area contributed by atoms with Crippen LogP contribution in [0, 0.1) is 5.82 Å². The molecule has 0 radical (unpaired) electrons. The standard InChI is InChI=1S/C29H33ClFN3O4S/c1-4-21(2)32-29(36)27(17-22-9-6-5-7-10-22)33(19-23-13-15-24(30)16-14-23)28(35)20-34(39(3,37)38)26-12-8-11-25(31)18-26/h5-16,18,21,27H,4,17,19-20H2,1-3H3,(H,32,36)/t21-,27+/m0/s1. The highest BCUT2D eigenvalue weighted by molar-refractivity contribution is 7.92. The van der Waals surface area contributed by atoms with Gasteiger partial charge in [0, 0.05) is 24.0 Å². The van der Waals surface area contributed by atoms with Crippen LogP contribution in [0.5, 0.6) is 0 Å². The van der Waals surface area contributed by atoms with Crippen molar-refractivity contribution in [2.75, 3.05) is 17.1 Å². The highest BCUT2D eigenvalue weighted by Gasteiger charge is 2.33. The highest BCUT2D eigenvalue weighted by atomic mass is 35.5. The lowest BCUT2D eigenvalue weighted by molar-refractivity contribution is -0.140. The number of nitrogens with one attached hydrogen (secondary N) is 1. The van der Waals surface area contributed by atoms with Gasteiger partial charge in [-0.05, 0) is 54.8 Å². The molecule has 0 heterocycles. The first kappa shape index (κ1) is 30.1. The summed E-state index contributed by atoms with van der Waals surface area (Å²) in [6.45, 7) is 3.23. The summed E-state index contributed by atoms with van der Waals surface area (Å²) in [5, 5.41) is 3.48. The molecule has 3 rings (SSSR count). The first-order valence-electron chi connectivity index (χ1n) is 12.6. The van der Waals surface area contributed by atoms with E-state index in [1.54, 1.807) is 24.3 Å². The van der Waals surface area contributed by atoms with Gasteiger partial charge >= 0.3 is 0 Å². The molecule has 0 aliphatic carbocycles. The summed E-state index contributed by atoms with van der Waals surface area (Å²) in [4.78, 5) is 28.9. The SMILES string of the molecule is CC[C@H](C)NC(=O)[C@@H](Cc1ccccc1)N(Cc1ccc(Cl)cc1)C(=O)CN(c1cccc(F)c1)S(C)(=O)=O. The quantitative estimate of drug-likeness (QED) is 0.337. The zero-order valence-electron chi connectivity index (χ0n) is 22.2. The van der Waals surface area contributed by atoms with Gasteiger partial charge in [0.05, 0.1) is 11.9 Å². The largest absolute Gasteiger partial charge is 0.352 e. The Morgan fingerprint density at radius 1 is 0.974 bits per heavy atom. The molecule has 0 saturated heterocycles. The first-order valence-corrected chi connectivity index (χ1v) is 14.8. The Bertz CT molecular complexity index is 1370. The summed E-state index contributed by atoms with van der Waals surface area (Å²) in [5.41, 5.74) is 1.56. The van der Waals surface area contributed by atoms with Gasteiger partial charge in [0.25, 0.3) is 0 Å². The first-order chi connectivity index (χ1) is 18.5. The molecule has 10 heteroatoms. The van der Waals surface area contributed by atoms with Crippen molar-refractivity contribution < 1.29 is 22.4 Å². The third kappa shape index (κ3) is 8.80. The van der Waals surface area contributed by atoms with Crippen LogP contribution < -0.4 is 9.62 Å². The second-order valence-electron chi connectivity index (χ2n) is 9.42. The summed E-state index contributed by atoms with van der Waals surface area (Å²) in [6, 6.07) is 20.1. The molecule has 3 aromatic carbocycles. The number of halogens is 2. The van der Waals surface area contributed by atoms with Crippen molar-refractivity contribution >= 4 is 39.1 Å². The summed E-state index contributed by atoms with van der Waals surface area (Å²) in [6.07, 6.45) is 1.85. The van der Waals surface area contributed by atoms with E-state index >= 15 is 0 Å². The van der Waals surface area contributed by atoms with Crippen LogP contribution in [0.2, 0.25) is 5.02 Å². The summed E-state index contributed by atoms with van der Waals surface area (Å²) in [5.74, 6) is -1.60. The number of carbonyl (C=O) groups excluding carboxylic acids is 2. The van der Waals surface area contributed by atoms with Gasteiger partial charge in [-0.25, -0.2) is 12.8 Å². The zero-order valence-corrected chi connectivity index (χ0v) is 23.8. The number of anilines is 1. The van der Waals surface area contributed by atoms with Gasteiger partial charge in [-0.3, -0.25) is 13.9 Å². The summed E-state index contributed by atoms with van der Waals surface area (Å²) >= 11 is 6.06. The van der Waals surface area contributed by atoms with Crippen LogP contribution in [0.15, 0.2) is 78.9 Å². The summed E-state index contributed by atoms with van der Waals surface area (Å²) < 4.78 is 40.3. The molecular weight excluding hydrogens is 541 g/mol. The Balaban J connectivity index is 2.05. The third-order valence-corrected chi connectivity index (χ3v) is 7.71. The molecule has 1 N–H and O–H groups in total. The number of nitrogens with zero attached hydrogens (tertiary/aromatic N) is 2. The van der Waals surface area contributed by atoms with E-state index in [1.165, 1.54) is 23.1 Å². The van der Waals surface area contributed by atoms with Crippen molar-refractivity contribution in [2.45, 2.75) is 45.3 Å². The van der Waals surface area contributed by atoms with Crippen molar-refractivity contribution in [3.63, 3.8) is 0 Å². The van der Waals surface area contributed by atoms with Crippen LogP contribution in [0.25, 0.3) is 0 Å². The fourth-order valence-corrected chi connectivity index (χ4v) is 4.99. The molecule has 0 aliphatic heterocycles. The molecule has 7 nitrogen and oxygen atoms in total. The topological polar surface area (TPSA) is 86.8 Å².